The van der Waals surface area contributed by atoms with E-state index in [0.717, 1.165) is 116 Å². The van der Waals surface area contributed by atoms with E-state index in [1.54, 1.807) is 0 Å². The average Bonchev–Trinajstić information content (AvgIpc) is 3.30. The lowest BCUT2D eigenvalue weighted by Gasteiger charge is -2.18. The molecule has 0 aromatic heterocycles. The zero-order valence-electron chi connectivity index (χ0n) is 42.7. The van der Waals surface area contributed by atoms with Crippen molar-refractivity contribution in [2.24, 2.45) is 0 Å². The Kier molecular flexibility index (Phi) is 50.9. The third-order valence-corrected chi connectivity index (χ3v) is 11.7. The quantitative estimate of drug-likeness (QED) is 0.0262. The first-order valence-electron chi connectivity index (χ1n) is 27.4. The van der Waals surface area contributed by atoms with E-state index in [1.165, 1.54) is 109 Å². The van der Waals surface area contributed by atoms with Crippen LogP contribution < -0.4 is 0 Å². The molecule has 0 fully saturated rings. The molecule has 0 aliphatic heterocycles. The van der Waals surface area contributed by atoms with Crippen LogP contribution in [0.1, 0.15) is 265 Å². The number of unbranched alkanes of at least 4 members (excludes halogenated alkanes) is 26. The predicted molar refractivity (Wildman–Crippen MR) is 279 cm³/mol. The van der Waals surface area contributed by atoms with E-state index in [4.69, 9.17) is 14.2 Å². The summed E-state index contributed by atoms with van der Waals surface area (Å²) in [5, 5.41) is 0. The van der Waals surface area contributed by atoms with Gasteiger partial charge in [0.05, 0.1) is 0 Å². The van der Waals surface area contributed by atoms with Crippen LogP contribution in [0.15, 0.2) is 72.9 Å². The summed E-state index contributed by atoms with van der Waals surface area (Å²) in [6, 6.07) is 0. The van der Waals surface area contributed by atoms with Crippen molar-refractivity contribution in [1.82, 2.24) is 0 Å². The zero-order chi connectivity index (χ0) is 47.2. The van der Waals surface area contributed by atoms with Gasteiger partial charge in [0.1, 0.15) is 13.2 Å². The Bertz CT molecular complexity index is 1230. The molecule has 1 unspecified atom stereocenters. The molecule has 0 aromatic carbocycles. The minimum Gasteiger partial charge on any atom is -0.462 e. The van der Waals surface area contributed by atoms with Crippen LogP contribution in [0.2, 0.25) is 0 Å². The first-order valence-corrected chi connectivity index (χ1v) is 27.4. The summed E-state index contributed by atoms with van der Waals surface area (Å²) in [6.45, 7) is 6.44. The maximum Gasteiger partial charge on any atom is 0.306 e. The second-order valence-corrected chi connectivity index (χ2v) is 18.1. The predicted octanol–water partition coefficient (Wildman–Crippen LogP) is 18.2. The van der Waals surface area contributed by atoms with Crippen LogP contribution in [0.3, 0.4) is 0 Å². The molecular formula is C59H102O6. The second kappa shape index (κ2) is 53.5. The van der Waals surface area contributed by atoms with E-state index in [-0.39, 0.29) is 31.1 Å². The molecule has 0 bridgehead atoms. The molecule has 6 nitrogen and oxygen atoms in total. The fourth-order valence-electron chi connectivity index (χ4n) is 7.59. The summed E-state index contributed by atoms with van der Waals surface area (Å²) in [5.74, 6) is -0.894. The molecule has 0 heterocycles. The molecule has 0 N–H and O–H groups in total. The second-order valence-electron chi connectivity index (χ2n) is 18.1. The molecular weight excluding hydrogens is 805 g/mol. The Morgan fingerprint density at radius 2 is 0.631 bits per heavy atom. The van der Waals surface area contributed by atoms with Gasteiger partial charge in [0.2, 0.25) is 0 Å². The number of carbonyl (C=O) groups is 3. The van der Waals surface area contributed by atoms with Crippen molar-refractivity contribution in [3.63, 3.8) is 0 Å². The lowest BCUT2D eigenvalue weighted by molar-refractivity contribution is -0.167. The first-order chi connectivity index (χ1) is 32.0. The fraction of sp³-hybridized carbons (Fsp3) is 0.746. The molecule has 0 saturated heterocycles. The summed E-state index contributed by atoms with van der Waals surface area (Å²) in [4.78, 5) is 37.9. The van der Waals surface area contributed by atoms with Crippen LogP contribution in [-0.2, 0) is 28.6 Å². The number of allylic oxidation sites excluding steroid dienone is 12. The molecule has 0 aromatic rings. The SMILES string of the molecule is CC/C=C\C/C=C\C/C=C\C/C=C\CCCCCCCCCCCCCCC(=O)OCC(COC(=O)CCCCCCCCCCC)OC(=O)CCCCCCC/C=C\C/C=C\CCC. The van der Waals surface area contributed by atoms with Crippen LogP contribution in [-0.4, -0.2) is 37.2 Å². The van der Waals surface area contributed by atoms with Gasteiger partial charge >= 0.3 is 17.9 Å². The average molecular weight is 907 g/mol. The highest BCUT2D eigenvalue weighted by Crippen LogP contribution is 2.15. The number of hydrogen-bond acceptors (Lipinski definition) is 6. The standard InChI is InChI=1S/C59H102O6/c1-4-7-10-13-16-19-21-23-24-25-26-27-28-29-30-31-32-33-34-36-37-40-43-46-49-52-58(61)64-55-56(54-63-57(60)51-48-45-42-39-18-15-12-9-6-3)65-59(62)53-50-47-44-41-38-35-22-20-17-14-11-8-5-2/h7,10-11,14,16,19-20,22-24,26-27,56H,4-6,8-9,12-13,15,17-18,21,25,28-55H2,1-3H3/b10-7-,14-11-,19-16-,22-20-,24-23-,27-26-. The smallest absolute Gasteiger partial charge is 0.306 e. The van der Waals surface area contributed by atoms with E-state index < -0.39 is 6.10 Å². The number of carbonyl (C=O) groups excluding carboxylic acids is 3. The molecule has 0 rings (SSSR count). The molecule has 374 valence electrons. The summed E-state index contributed by atoms with van der Waals surface area (Å²) >= 11 is 0. The van der Waals surface area contributed by atoms with Crippen LogP contribution in [0.5, 0.6) is 0 Å². The minimum atomic E-state index is -0.779. The van der Waals surface area contributed by atoms with Gasteiger partial charge in [-0.05, 0) is 83.5 Å². The molecule has 6 heteroatoms. The maximum absolute atomic E-state index is 12.8. The van der Waals surface area contributed by atoms with Crippen molar-refractivity contribution in [3.05, 3.63) is 72.9 Å². The summed E-state index contributed by atoms with van der Waals surface area (Å²) in [6.07, 6.45) is 67.6. The number of esters is 3. The molecule has 0 saturated carbocycles. The topological polar surface area (TPSA) is 78.9 Å². The third kappa shape index (κ3) is 51.7. The van der Waals surface area contributed by atoms with Crippen molar-refractivity contribution in [2.75, 3.05) is 13.2 Å². The summed E-state index contributed by atoms with van der Waals surface area (Å²) in [5.41, 5.74) is 0. The van der Waals surface area contributed by atoms with Crippen molar-refractivity contribution >= 4 is 17.9 Å². The van der Waals surface area contributed by atoms with Crippen LogP contribution in [0.25, 0.3) is 0 Å². The van der Waals surface area contributed by atoms with Crippen molar-refractivity contribution in [3.8, 4) is 0 Å². The van der Waals surface area contributed by atoms with Crippen molar-refractivity contribution in [1.29, 1.82) is 0 Å². The van der Waals surface area contributed by atoms with Crippen molar-refractivity contribution < 1.29 is 28.6 Å². The first kappa shape index (κ1) is 61.9. The van der Waals surface area contributed by atoms with Gasteiger partial charge in [-0.2, -0.15) is 0 Å². The maximum atomic E-state index is 12.8. The Labute approximate surface area is 402 Å². The zero-order valence-corrected chi connectivity index (χ0v) is 42.7. The number of rotatable bonds is 49. The van der Waals surface area contributed by atoms with E-state index in [0.29, 0.717) is 19.3 Å². The van der Waals surface area contributed by atoms with Gasteiger partial charge in [0.15, 0.2) is 6.10 Å². The molecule has 65 heavy (non-hydrogen) atoms. The Balaban J connectivity index is 4.20. The highest BCUT2D eigenvalue weighted by Gasteiger charge is 2.19. The Hall–Kier alpha value is -3.15. The number of hydrogen-bond donors (Lipinski definition) is 0. The van der Waals surface area contributed by atoms with E-state index in [9.17, 15) is 14.4 Å². The molecule has 0 spiro atoms. The summed E-state index contributed by atoms with van der Waals surface area (Å²) in [7, 11) is 0. The Morgan fingerprint density at radius 3 is 1.00 bits per heavy atom. The summed E-state index contributed by atoms with van der Waals surface area (Å²) < 4.78 is 16.8. The normalized spacial score (nSPS) is 12.6. The highest BCUT2D eigenvalue weighted by molar-refractivity contribution is 5.71. The van der Waals surface area contributed by atoms with Gasteiger partial charge in [-0.3, -0.25) is 14.4 Å². The molecule has 1 atom stereocenters. The van der Waals surface area contributed by atoms with Gasteiger partial charge in [-0.15, -0.1) is 0 Å². The molecule has 0 aliphatic carbocycles. The molecule has 0 aliphatic rings. The lowest BCUT2D eigenvalue weighted by Crippen LogP contribution is -2.30. The van der Waals surface area contributed by atoms with Gasteiger partial charge in [0, 0.05) is 19.3 Å². The molecule has 0 radical (unpaired) electrons. The van der Waals surface area contributed by atoms with Gasteiger partial charge in [0.25, 0.3) is 0 Å². The fourth-order valence-corrected chi connectivity index (χ4v) is 7.59. The lowest BCUT2D eigenvalue weighted by atomic mass is 10.0. The minimum absolute atomic E-state index is 0.0795. The molecule has 0 amide bonds. The van der Waals surface area contributed by atoms with Gasteiger partial charge in [-0.25, -0.2) is 0 Å². The highest BCUT2D eigenvalue weighted by atomic mass is 16.6. The van der Waals surface area contributed by atoms with Crippen molar-refractivity contribution in [2.45, 2.75) is 271 Å². The van der Waals surface area contributed by atoms with Crippen LogP contribution >= 0.6 is 0 Å². The largest absolute Gasteiger partial charge is 0.462 e. The van der Waals surface area contributed by atoms with Gasteiger partial charge < -0.3 is 14.2 Å². The Morgan fingerprint density at radius 1 is 0.323 bits per heavy atom. The van der Waals surface area contributed by atoms with Crippen LogP contribution in [0, 0.1) is 0 Å². The van der Waals surface area contributed by atoms with Crippen LogP contribution in [0.4, 0.5) is 0 Å². The third-order valence-electron chi connectivity index (χ3n) is 11.7. The van der Waals surface area contributed by atoms with Gasteiger partial charge in [-0.1, -0.05) is 235 Å². The van der Waals surface area contributed by atoms with E-state index >= 15 is 0 Å². The monoisotopic (exact) mass is 907 g/mol. The number of ether oxygens (including phenoxy) is 3. The van der Waals surface area contributed by atoms with E-state index in [2.05, 4.69) is 93.7 Å². The van der Waals surface area contributed by atoms with E-state index in [1.807, 2.05) is 0 Å².